The molecule has 2 aromatic carbocycles. The molecule has 0 fully saturated rings. The van der Waals surface area contributed by atoms with Crippen LogP contribution in [0.15, 0.2) is 121 Å². The van der Waals surface area contributed by atoms with Crippen molar-refractivity contribution < 1.29 is 0 Å². The van der Waals surface area contributed by atoms with Gasteiger partial charge in [-0.1, -0.05) is 40.8 Å². The zero-order valence-electron chi connectivity index (χ0n) is 50.1. The smallest absolute Gasteiger partial charge is 0.185 e. The molecule has 0 unspecified atom stereocenters. The molecule has 0 bridgehead atoms. The van der Waals surface area contributed by atoms with Crippen molar-refractivity contribution in [3.63, 3.8) is 0 Å². The van der Waals surface area contributed by atoms with Crippen molar-refractivity contribution in [3.8, 4) is 0 Å². The van der Waals surface area contributed by atoms with Crippen LogP contribution in [0.4, 0.5) is 0 Å². The molecule has 0 N–H and O–H groups in total. The van der Waals surface area contributed by atoms with Crippen LogP contribution in [0.25, 0.3) is 33.1 Å². The third-order valence-electron chi connectivity index (χ3n) is 11.6. The molecule has 28 heteroatoms. The Hall–Kier alpha value is -9.89. The summed E-state index contributed by atoms with van der Waals surface area (Å²) in [5.74, 6) is 6.53. The standard InChI is InChI=1S/C11H13N3.C10H12N4.C9H11N5.C8H13N3.C5H9N5.2C5H8N4.CH4/c1-8-4-5-11-10(6-8)7-13-14(11)9(2)12-3;1-7-4-5-10-9(6-7)12-13-14(10)8(2)11-3;1-6-4-8-9(11-5-6)14(13-12-8)7(2)10-3;1-6-5-7(2)11(10-6)8(3)9-4;1-4-7-9-10(8-4)5(2)6-3;1-5(6-2)9-4-7-3-8-9;1-5(6-2)9-4-3-7-8-9;/h4-7H,1-3H3;4-6H,1-3H3;4-5H,1-3H3;5H,1-4H3;1-3H3;2*3-4H,1-2H3;1H4. The summed E-state index contributed by atoms with van der Waals surface area (Å²) < 4.78 is 10.3. The first-order valence-corrected chi connectivity index (χ1v) is 25.3. The normalized spacial score (nSPS) is 12.1. The Morgan fingerprint density at radius 3 is 1.56 bits per heavy atom. The van der Waals surface area contributed by atoms with Gasteiger partial charge in [-0.15, -0.1) is 30.3 Å². The van der Waals surface area contributed by atoms with Gasteiger partial charge in [0.2, 0.25) is 0 Å². The van der Waals surface area contributed by atoms with Gasteiger partial charge in [-0.05, 0) is 143 Å². The van der Waals surface area contributed by atoms with E-state index in [1.54, 1.807) is 99.9 Å². The average molecular weight is 1120 g/mol. The van der Waals surface area contributed by atoms with Crippen LogP contribution in [0.3, 0.4) is 0 Å². The van der Waals surface area contributed by atoms with Gasteiger partial charge in [-0.3, -0.25) is 34.9 Å². The molecule has 0 saturated heterocycles. The van der Waals surface area contributed by atoms with Gasteiger partial charge in [0, 0.05) is 66.6 Å². The Balaban J connectivity index is 0.000000252. The highest BCUT2D eigenvalue weighted by atomic mass is 15.6. The number of aliphatic imine (C=N–C) groups is 7. The zero-order chi connectivity index (χ0) is 59.8. The molecular weight excluding hydrogens is 1040 g/mol. The minimum Gasteiger partial charge on any atom is -0.274 e. The van der Waals surface area contributed by atoms with Crippen molar-refractivity contribution >= 4 is 73.9 Å². The van der Waals surface area contributed by atoms with Crippen molar-refractivity contribution in [2.45, 2.75) is 97.4 Å². The molecule has 10 aromatic rings. The number of aromatic nitrogens is 21. The maximum atomic E-state index is 4.29. The van der Waals surface area contributed by atoms with Gasteiger partial charge < -0.3 is 0 Å². The Kier molecular flexibility index (Phi) is 26.6. The lowest BCUT2D eigenvalue weighted by Crippen LogP contribution is -2.11. The zero-order valence-corrected chi connectivity index (χ0v) is 50.1. The second kappa shape index (κ2) is 32.9. The summed E-state index contributed by atoms with van der Waals surface area (Å²) in [5.41, 5.74) is 10.3. The van der Waals surface area contributed by atoms with E-state index >= 15 is 0 Å². The van der Waals surface area contributed by atoms with E-state index in [9.17, 15) is 0 Å². The fraction of sp³-hybridized carbons (Fsp3) is 0.389. The van der Waals surface area contributed by atoms with Gasteiger partial charge in [0.1, 0.15) is 64.5 Å². The molecule has 8 heterocycles. The topological polar surface area (TPSA) is 301 Å². The van der Waals surface area contributed by atoms with Gasteiger partial charge in [0.15, 0.2) is 11.5 Å². The highest BCUT2D eigenvalue weighted by molar-refractivity contribution is 5.93. The second-order valence-corrected chi connectivity index (χ2v) is 17.5. The number of hydrogen-bond donors (Lipinski definition) is 0. The fourth-order valence-electron chi connectivity index (χ4n) is 6.63. The fourth-order valence-corrected chi connectivity index (χ4v) is 6.63. The summed E-state index contributed by atoms with van der Waals surface area (Å²) in [6.07, 6.45) is 10.1. The first-order valence-electron chi connectivity index (χ1n) is 25.3. The van der Waals surface area contributed by atoms with Crippen LogP contribution in [0, 0.1) is 41.5 Å². The van der Waals surface area contributed by atoms with Crippen molar-refractivity contribution in [2.24, 2.45) is 34.9 Å². The lowest BCUT2D eigenvalue weighted by atomic mass is 10.2. The van der Waals surface area contributed by atoms with Crippen LogP contribution >= 0.6 is 0 Å². The first kappa shape index (κ1) is 66.4. The molecule has 0 aliphatic rings. The number of tetrazole rings is 1. The molecule has 0 atom stereocenters. The van der Waals surface area contributed by atoms with E-state index in [4.69, 9.17) is 0 Å². The van der Waals surface area contributed by atoms with Crippen LogP contribution in [-0.2, 0) is 0 Å². The Morgan fingerprint density at radius 2 is 1.01 bits per heavy atom. The molecule has 434 valence electrons. The molecule has 28 nitrogen and oxygen atoms in total. The summed E-state index contributed by atoms with van der Waals surface area (Å²) in [6, 6.07) is 16.4. The molecule has 0 aliphatic carbocycles. The molecule has 0 aliphatic heterocycles. The van der Waals surface area contributed by atoms with E-state index in [0.717, 1.165) is 90.9 Å². The predicted octanol–water partition coefficient (Wildman–Crippen LogP) is 7.17. The maximum Gasteiger partial charge on any atom is 0.185 e. The largest absolute Gasteiger partial charge is 0.274 e. The van der Waals surface area contributed by atoms with Gasteiger partial charge >= 0.3 is 0 Å². The van der Waals surface area contributed by atoms with Crippen LogP contribution in [0.1, 0.15) is 89.8 Å². The molecular formula is C54H78N28. The minimum absolute atomic E-state index is 0. The molecule has 0 spiro atoms. The minimum atomic E-state index is 0. The molecule has 0 amide bonds. The highest BCUT2D eigenvalue weighted by Crippen LogP contribution is 2.16. The SMILES string of the molecule is C.CN=C(C)n1ccnn1.CN=C(C)n1cncn1.CN=C(C)n1nc(C)cc1C.CN=C(C)n1ncc2cc(C)ccc21.CN=C(C)n1nnc(C)n1.CN=C(C)n1nnc2cc(C)ccc21.CN=C(C)n1nnc2cc(C)cnc21. The van der Waals surface area contributed by atoms with E-state index in [1.165, 1.54) is 22.3 Å². The number of pyridine rings is 1. The molecule has 0 saturated carbocycles. The summed E-state index contributed by atoms with van der Waals surface area (Å²) in [7, 11) is 12.1. The number of aryl methyl sites for hydroxylation is 6. The second-order valence-electron chi connectivity index (χ2n) is 17.5. The third kappa shape index (κ3) is 18.9. The van der Waals surface area contributed by atoms with Gasteiger partial charge in [0.25, 0.3) is 0 Å². The lowest BCUT2D eigenvalue weighted by molar-refractivity contribution is 0.755. The highest BCUT2D eigenvalue weighted by Gasteiger charge is 2.09. The van der Waals surface area contributed by atoms with Gasteiger partial charge in [-0.2, -0.15) is 24.7 Å². The molecule has 10 rings (SSSR count). The lowest BCUT2D eigenvalue weighted by Gasteiger charge is -2.01. The predicted molar refractivity (Wildman–Crippen MR) is 329 cm³/mol. The van der Waals surface area contributed by atoms with Crippen molar-refractivity contribution in [3.05, 3.63) is 120 Å². The molecule has 0 radical (unpaired) electrons. The Morgan fingerprint density at radius 1 is 0.463 bits per heavy atom. The summed E-state index contributed by atoms with van der Waals surface area (Å²) in [5, 5.41) is 48.4. The van der Waals surface area contributed by atoms with Crippen LogP contribution < -0.4 is 0 Å². The van der Waals surface area contributed by atoms with Crippen molar-refractivity contribution in [1.29, 1.82) is 0 Å². The van der Waals surface area contributed by atoms with Crippen LogP contribution in [0.2, 0.25) is 0 Å². The maximum absolute atomic E-state index is 4.29. The molecule has 8 aromatic heterocycles. The van der Waals surface area contributed by atoms with Gasteiger partial charge in [-0.25, -0.2) is 28.7 Å². The van der Waals surface area contributed by atoms with Crippen molar-refractivity contribution in [2.75, 3.05) is 49.3 Å². The average Bonchev–Trinajstić information content (AvgIpc) is 4.52. The van der Waals surface area contributed by atoms with E-state index in [1.807, 2.05) is 122 Å². The number of benzene rings is 2. The molecule has 82 heavy (non-hydrogen) atoms. The van der Waals surface area contributed by atoms with Crippen LogP contribution in [-0.4, -0.2) is 195 Å². The van der Waals surface area contributed by atoms with E-state index in [2.05, 4.69) is 132 Å². The summed E-state index contributed by atoms with van der Waals surface area (Å²) >= 11 is 0. The Labute approximate surface area is 478 Å². The summed E-state index contributed by atoms with van der Waals surface area (Å²) in [4.78, 5) is 37.4. The van der Waals surface area contributed by atoms with E-state index < -0.39 is 0 Å². The number of fused-ring (bicyclic) bond motifs is 3. The number of nitrogens with zero attached hydrogens (tertiary/aromatic N) is 28. The summed E-state index contributed by atoms with van der Waals surface area (Å²) in [6.45, 7) is 25.1. The monoisotopic (exact) mass is 1120 g/mol. The quantitative estimate of drug-likeness (QED) is 0.107. The first-order chi connectivity index (χ1) is 38.7. The number of rotatable bonds is 0. The van der Waals surface area contributed by atoms with Crippen LogP contribution in [0.5, 0.6) is 0 Å². The van der Waals surface area contributed by atoms with E-state index in [-0.39, 0.29) is 7.43 Å². The van der Waals surface area contributed by atoms with Gasteiger partial charge in [0.05, 0.1) is 35.3 Å². The third-order valence-corrected chi connectivity index (χ3v) is 11.6. The Bertz CT molecular complexity index is 3500. The van der Waals surface area contributed by atoms with E-state index in [0.29, 0.717) is 5.82 Å². The number of hydrogen-bond acceptors (Lipinski definition) is 21. The van der Waals surface area contributed by atoms with Crippen molar-refractivity contribution in [1.82, 2.24) is 104 Å².